The van der Waals surface area contributed by atoms with Crippen LogP contribution in [0, 0.1) is 5.82 Å². The number of hydrogen-bond acceptors (Lipinski definition) is 3. The third kappa shape index (κ3) is 1.76. The molecule has 0 bridgehead atoms. The van der Waals surface area contributed by atoms with E-state index in [1.54, 1.807) is 18.2 Å². The molecule has 0 unspecified atom stereocenters. The van der Waals surface area contributed by atoms with E-state index in [0.717, 1.165) is 5.56 Å². The van der Waals surface area contributed by atoms with E-state index in [4.69, 9.17) is 10.5 Å². The molecule has 0 aliphatic carbocycles. The Labute approximate surface area is 101 Å². The van der Waals surface area contributed by atoms with Crippen LogP contribution in [0.3, 0.4) is 0 Å². The van der Waals surface area contributed by atoms with E-state index in [2.05, 4.69) is 20.9 Å². The van der Waals surface area contributed by atoms with Crippen molar-refractivity contribution in [2.24, 2.45) is 5.73 Å². The molecule has 16 heavy (non-hydrogen) atoms. The van der Waals surface area contributed by atoms with Gasteiger partial charge < -0.3 is 10.5 Å². The zero-order chi connectivity index (χ0) is 11.7. The van der Waals surface area contributed by atoms with Crippen LogP contribution in [0.25, 0.3) is 10.9 Å². The lowest BCUT2D eigenvalue weighted by molar-refractivity contribution is 0.394. The summed E-state index contributed by atoms with van der Waals surface area (Å²) < 4.78 is 19.2. The lowest BCUT2D eigenvalue weighted by atomic mass is 10.1. The zero-order valence-electron chi connectivity index (χ0n) is 8.63. The van der Waals surface area contributed by atoms with Gasteiger partial charge >= 0.3 is 0 Å². The number of halogens is 2. The number of benzene rings is 1. The van der Waals surface area contributed by atoms with E-state index in [0.29, 0.717) is 22.3 Å². The van der Waals surface area contributed by atoms with E-state index in [9.17, 15) is 4.39 Å². The van der Waals surface area contributed by atoms with Gasteiger partial charge in [-0.2, -0.15) is 0 Å². The van der Waals surface area contributed by atoms with Gasteiger partial charge in [-0.05, 0) is 28.1 Å². The molecule has 0 aliphatic rings. The third-order valence-corrected chi connectivity index (χ3v) is 2.94. The summed E-state index contributed by atoms with van der Waals surface area (Å²) in [6, 6.07) is 5.22. The van der Waals surface area contributed by atoms with Crippen LogP contribution in [0.5, 0.6) is 5.88 Å². The first kappa shape index (κ1) is 11.3. The van der Waals surface area contributed by atoms with Gasteiger partial charge in [0.15, 0.2) is 5.82 Å². The molecule has 2 N–H and O–H groups in total. The number of hydrogen-bond donors (Lipinski definition) is 1. The van der Waals surface area contributed by atoms with Gasteiger partial charge in [0.1, 0.15) is 5.52 Å². The fourth-order valence-electron chi connectivity index (χ4n) is 1.53. The highest BCUT2D eigenvalue weighted by molar-refractivity contribution is 9.10. The smallest absolute Gasteiger partial charge is 0.218 e. The van der Waals surface area contributed by atoms with Gasteiger partial charge in [0, 0.05) is 17.5 Å². The van der Waals surface area contributed by atoms with Crippen molar-refractivity contribution in [2.75, 3.05) is 7.11 Å². The maximum absolute atomic E-state index is 13.8. The molecule has 3 nitrogen and oxygen atoms in total. The Kier molecular flexibility index (Phi) is 3.07. The van der Waals surface area contributed by atoms with E-state index < -0.39 is 0 Å². The van der Waals surface area contributed by atoms with Crippen molar-refractivity contribution in [3.8, 4) is 5.88 Å². The first-order valence-corrected chi connectivity index (χ1v) is 5.48. The van der Waals surface area contributed by atoms with E-state index in [1.165, 1.54) is 7.11 Å². The van der Waals surface area contributed by atoms with Crippen molar-refractivity contribution in [1.29, 1.82) is 0 Å². The molecule has 0 aliphatic heterocycles. The fourth-order valence-corrected chi connectivity index (χ4v) is 1.85. The maximum atomic E-state index is 13.8. The highest BCUT2D eigenvalue weighted by atomic mass is 79.9. The minimum atomic E-state index is -0.389. The normalized spacial score (nSPS) is 10.8. The van der Waals surface area contributed by atoms with Gasteiger partial charge in [0.05, 0.1) is 11.6 Å². The molecule has 0 saturated carbocycles. The number of nitrogens with zero attached hydrogens (tertiary/aromatic N) is 1. The molecule has 2 aromatic rings. The van der Waals surface area contributed by atoms with Gasteiger partial charge in [0.2, 0.25) is 5.88 Å². The lowest BCUT2D eigenvalue weighted by Gasteiger charge is -2.08. The Morgan fingerprint density at radius 2 is 2.25 bits per heavy atom. The monoisotopic (exact) mass is 284 g/mol. The summed E-state index contributed by atoms with van der Waals surface area (Å²) in [7, 11) is 1.49. The number of fused-ring (bicyclic) bond motifs is 1. The summed E-state index contributed by atoms with van der Waals surface area (Å²) >= 11 is 3.12. The van der Waals surface area contributed by atoms with Crippen LogP contribution in [0.1, 0.15) is 5.56 Å². The third-order valence-electron chi connectivity index (χ3n) is 2.33. The number of methoxy groups -OCH3 is 1. The minimum absolute atomic E-state index is 0.281. The van der Waals surface area contributed by atoms with Crippen LogP contribution in [0.15, 0.2) is 22.7 Å². The average Bonchev–Trinajstić information content (AvgIpc) is 2.32. The fraction of sp³-hybridized carbons (Fsp3) is 0.182. The predicted octanol–water partition coefficient (Wildman–Crippen LogP) is 2.60. The Bertz CT molecular complexity index is 545. The summed E-state index contributed by atoms with van der Waals surface area (Å²) in [4.78, 5) is 4.12. The molecule has 84 valence electrons. The van der Waals surface area contributed by atoms with Crippen LogP contribution < -0.4 is 10.5 Å². The largest absolute Gasteiger partial charge is 0.481 e. The van der Waals surface area contributed by atoms with Crippen molar-refractivity contribution in [3.05, 3.63) is 34.1 Å². The number of rotatable bonds is 2. The summed E-state index contributed by atoms with van der Waals surface area (Å²) in [5.74, 6) is -0.0219. The molecule has 2 rings (SSSR count). The summed E-state index contributed by atoms with van der Waals surface area (Å²) in [6.07, 6.45) is 0. The Morgan fingerprint density at radius 1 is 1.50 bits per heavy atom. The Morgan fingerprint density at radius 3 is 2.88 bits per heavy atom. The molecule has 5 heteroatoms. The van der Waals surface area contributed by atoms with Crippen molar-refractivity contribution in [2.45, 2.75) is 6.54 Å². The predicted molar refractivity (Wildman–Crippen MR) is 63.8 cm³/mol. The van der Waals surface area contributed by atoms with Crippen molar-refractivity contribution in [3.63, 3.8) is 0 Å². The second-order valence-corrected chi connectivity index (χ2v) is 4.15. The van der Waals surface area contributed by atoms with Gasteiger partial charge in [0.25, 0.3) is 0 Å². The number of pyridine rings is 1. The highest BCUT2D eigenvalue weighted by Crippen LogP contribution is 2.27. The molecule has 1 heterocycles. The standard InChI is InChI=1S/C11H10BrFN2O/c1-16-11-7(5-14)4-6-2-3-8(12)9(13)10(6)15-11/h2-4H,5,14H2,1H3. The minimum Gasteiger partial charge on any atom is -0.481 e. The van der Waals surface area contributed by atoms with Crippen LogP contribution in [0.4, 0.5) is 4.39 Å². The number of nitrogens with two attached hydrogens (primary N) is 1. The van der Waals surface area contributed by atoms with Gasteiger partial charge in [-0.15, -0.1) is 0 Å². The Hall–Kier alpha value is -1.20. The SMILES string of the molecule is COc1nc2c(F)c(Br)ccc2cc1CN. The van der Waals surface area contributed by atoms with Crippen molar-refractivity contribution < 1.29 is 9.13 Å². The first-order chi connectivity index (χ1) is 7.67. The molecule has 0 radical (unpaired) electrons. The van der Waals surface area contributed by atoms with Crippen LogP contribution in [0.2, 0.25) is 0 Å². The van der Waals surface area contributed by atoms with Crippen LogP contribution >= 0.6 is 15.9 Å². The van der Waals surface area contributed by atoms with Crippen molar-refractivity contribution >= 4 is 26.8 Å². The topological polar surface area (TPSA) is 48.1 Å². The molecular formula is C11H10BrFN2O. The number of ether oxygens (including phenoxy) is 1. The summed E-state index contributed by atoms with van der Waals surface area (Å²) in [6.45, 7) is 0.309. The maximum Gasteiger partial charge on any atom is 0.218 e. The summed E-state index contributed by atoms with van der Waals surface area (Å²) in [5, 5.41) is 0.710. The lowest BCUT2D eigenvalue weighted by Crippen LogP contribution is -2.02. The van der Waals surface area contributed by atoms with Gasteiger partial charge in [-0.1, -0.05) is 6.07 Å². The van der Waals surface area contributed by atoms with Crippen LogP contribution in [-0.4, -0.2) is 12.1 Å². The Balaban J connectivity index is 2.78. The molecule has 0 fully saturated rings. The zero-order valence-corrected chi connectivity index (χ0v) is 10.2. The van der Waals surface area contributed by atoms with Gasteiger partial charge in [-0.3, -0.25) is 0 Å². The second-order valence-electron chi connectivity index (χ2n) is 3.29. The molecule has 0 saturated heterocycles. The molecular weight excluding hydrogens is 275 g/mol. The molecule has 1 aromatic heterocycles. The number of aromatic nitrogens is 1. The van der Waals surface area contributed by atoms with Crippen LogP contribution in [-0.2, 0) is 6.54 Å². The average molecular weight is 285 g/mol. The molecule has 1 aromatic carbocycles. The molecule has 0 amide bonds. The van der Waals surface area contributed by atoms with E-state index >= 15 is 0 Å². The second kappa shape index (κ2) is 4.35. The molecule has 0 spiro atoms. The quantitative estimate of drug-likeness (QED) is 0.922. The first-order valence-electron chi connectivity index (χ1n) is 4.69. The van der Waals surface area contributed by atoms with Gasteiger partial charge in [-0.25, -0.2) is 9.37 Å². The summed E-state index contributed by atoms with van der Waals surface area (Å²) in [5.41, 5.74) is 6.60. The van der Waals surface area contributed by atoms with E-state index in [-0.39, 0.29) is 11.3 Å². The van der Waals surface area contributed by atoms with E-state index in [1.807, 2.05) is 0 Å². The van der Waals surface area contributed by atoms with Crippen molar-refractivity contribution in [1.82, 2.24) is 4.98 Å². The highest BCUT2D eigenvalue weighted by Gasteiger charge is 2.11. The molecule has 0 atom stereocenters.